The fourth-order valence-corrected chi connectivity index (χ4v) is 4.81. The van der Waals surface area contributed by atoms with Gasteiger partial charge in [0.25, 0.3) is 0 Å². The Morgan fingerprint density at radius 1 is 1.03 bits per heavy atom. The van der Waals surface area contributed by atoms with Crippen LogP contribution in [0.3, 0.4) is 0 Å². The molecular formula is C28H34N4O3. The Balaban J connectivity index is 1.14. The summed E-state index contributed by atoms with van der Waals surface area (Å²) in [6.45, 7) is 7.06. The van der Waals surface area contributed by atoms with Gasteiger partial charge >= 0.3 is 6.09 Å². The lowest BCUT2D eigenvalue weighted by Crippen LogP contribution is -2.43. The van der Waals surface area contributed by atoms with E-state index in [-0.39, 0.29) is 12.2 Å². The Labute approximate surface area is 206 Å². The average Bonchev–Trinajstić information content (AvgIpc) is 2.82. The standard InChI is InChI=1S/C28H34N4O3/c1-28(2,3)35-27(33)32-15-12-19(13-16-32)23-8-6-14-29-26(23)34-22-17-21(18-22)30-25-11-10-20-7-4-5-9-24(20)31-25/h4-11,14,19,21-22H,12-13,15-18H2,1-3H3,(H,30,31). The molecule has 184 valence electrons. The number of para-hydroxylation sites is 1. The molecule has 35 heavy (non-hydrogen) atoms. The number of nitrogens with zero attached hydrogens (tertiary/aromatic N) is 3. The molecule has 1 aliphatic carbocycles. The van der Waals surface area contributed by atoms with Crippen LogP contribution >= 0.6 is 0 Å². The number of carbonyl (C=O) groups excluding carboxylic acids is 1. The third-order valence-electron chi connectivity index (χ3n) is 6.71. The number of hydrogen-bond acceptors (Lipinski definition) is 6. The number of piperidine rings is 1. The first kappa shape index (κ1) is 23.4. The predicted octanol–water partition coefficient (Wildman–Crippen LogP) is 5.77. The smallest absolute Gasteiger partial charge is 0.410 e. The molecule has 0 unspecified atom stereocenters. The van der Waals surface area contributed by atoms with Crippen LogP contribution in [0.25, 0.3) is 10.9 Å². The van der Waals surface area contributed by atoms with Crippen molar-refractivity contribution in [1.82, 2.24) is 14.9 Å². The maximum atomic E-state index is 12.4. The number of benzene rings is 1. The number of pyridine rings is 2. The highest BCUT2D eigenvalue weighted by molar-refractivity contribution is 5.80. The van der Waals surface area contributed by atoms with Gasteiger partial charge in [-0.2, -0.15) is 0 Å². The van der Waals surface area contributed by atoms with Crippen LogP contribution in [-0.4, -0.2) is 51.8 Å². The Morgan fingerprint density at radius 3 is 2.57 bits per heavy atom. The van der Waals surface area contributed by atoms with Gasteiger partial charge in [0.1, 0.15) is 17.5 Å². The first-order valence-electron chi connectivity index (χ1n) is 12.6. The molecule has 1 amide bonds. The van der Waals surface area contributed by atoms with E-state index in [1.54, 1.807) is 6.20 Å². The number of amides is 1. The zero-order valence-corrected chi connectivity index (χ0v) is 20.7. The summed E-state index contributed by atoms with van der Waals surface area (Å²) in [4.78, 5) is 23.5. The highest BCUT2D eigenvalue weighted by atomic mass is 16.6. The van der Waals surface area contributed by atoms with Crippen LogP contribution in [0.2, 0.25) is 0 Å². The SMILES string of the molecule is CC(C)(C)OC(=O)N1CCC(c2cccnc2OC2CC(Nc3ccc4ccccc4n3)C2)CC1. The van der Waals surface area contributed by atoms with E-state index in [2.05, 4.69) is 28.5 Å². The minimum Gasteiger partial charge on any atom is -0.474 e. The first-order valence-corrected chi connectivity index (χ1v) is 12.6. The molecule has 0 atom stereocenters. The van der Waals surface area contributed by atoms with Crippen LogP contribution in [0, 0.1) is 0 Å². The van der Waals surface area contributed by atoms with Crippen LogP contribution in [0.1, 0.15) is 57.9 Å². The number of likely N-dealkylation sites (tertiary alicyclic amines) is 1. The Kier molecular flexibility index (Phi) is 6.50. The second kappa shape index (κ2) is 9.72. The largest absolute Gasteiger partial charge is 0.474 e. The Bertz CT molecular complexity index is 1180. The van der Waals surface area contributed by atoms with E-state index in [1.807, 2.05) is 56.0 Å². The van der Waals surface area contributed by atoms with E-state index < -0.39 is 5.60 Å². The first-order chi connectivity index (χ1) is 16.8. The maximum Gasteiger partial charge on any atom is 0.410 e. The lowest BCUT2D eigenvalue weighted by molar-refractivity contribution is 0.0203. The van der Waals surface area contributed by atoms with Gasteiger partial charge in [0.2, 0.25) is 5.88 Å². The topological polar surface area (TPSA) is 76.6 Å². The number of rotatable bonds is 5. The lowest BCUT2D eigenvalue weighted by atomic mass is 9.88. The van der Waals surface area contributed by atoms with Crippen LogP contribution in [0.5, 0.6) is 5.88 Å². The van der Waals surface area contributed by atoms with Crippen molar-refractivity contribution >= 4 is 22.8 Å². The monoisotopic (exact) mass is 474 g/mol. The van der Waals surface area contributed by atoms with Gasteiger partial charge in [-0.25, -0.2) is 14.8 Å². The molecule has 2 aliphatic rings. The molecule has 1 aliphatic heterocycles. The van der Waals surface area contributed by atoms with Crippen LogP contribution < -0.4 is 10.1 Å². The van der Waals surface area contributed by atoms with E-state index in [0.29, 0.717) is 25.0 Å². The summed E-state index contributed by atoms with van der Waals surface area (Å²) in [6.07, 6.45) is 5.30. The number of aromatic nitrogens is 2. The molecular weight excluding hydrogens is 440 g/mol. The van der Waals surface area contributed by atoms with Crippen LogP contribution in [0.4, 0.5) is 10.6 Å². The van der Waals surface area contributed by atoms with Crippen molar-refractivity contribution in [1.29, 1.82) is 0 Å². The van der Waals surface area contributed by atoms with Crippen molar-refractivity contribution in [3.8, 4) is 5.88 Å². The number of carbonyl (C=O) groups is 1. The van der Waals surface area contributed by atoms with Gasteiger partial charge in [0.05, 0.1) is 5.52 Å². The van der Waals surface area contributed by atoms with Crippen LogP contribution in [0.15, 0.2) is 54.7 Å². The van der Waals surface area contributed by atoms with Gasteiger partial charge in [0.15, 0.2) is 0 Å². The van der Waals surface area contributed by atoms with Crippen molar-refractivity contribution in [2.24, 2.45) is 0 Å². The van der Waals surface area contributed by atoms with Gasteiger partial charge < -0.3 is 19.7 Å². The molecule has 3 heterocycles. The molecule has 1 saturated heterocycles. The molecule has 0 radical (unpaired) electrons. The summed E-state index contributed by atoms with van der Waals surface area (Å²) in [5.74, 6) is 1.96. The maximum absolute atomic E-state index is 12.4. The van der Waals surface area contributed by atoms with E-state index in [1.165, 1.54) is 0 Å². The zero-order valence-electron chi connectivity index (χ0n) is 20.7. The van der Waals surface area contributed by atoms with E-state index in [9.17, 15) is 4.79 Å². The summed E-state index contributed by atoms with van der Waals surface area (Å²) in [6, 6.07) is 16.7. The average molecular weight is 475 g/mol. The summed E-state index contributed by atoms with van der Waals surface area (Å²) in [5, 5.41) is 4.68. The molecule has 0 spiro atoms. The second-order valence-corrected chi connectivity index (χ2v) is 10.6. The summed E-state index contributed by atoms with van der Waals surface area (Å²) in [7, 11) is 0. The number of ether oxygens (including phenoxy) is 2. The molecule has 0 bridgehead atoms. The van der Waals surface area contributed by atoms with Crippen LogP contribution in [-0.2, 0) is 4.74 Å². The minimum absolute atomic E-state index is 0.142. The fraction of sp³-hybridized carbons (Fsp3) is 0.464. The second-order valence-electron chi connectivity index (χ2n) is 10.6. The fourth-order valence-electron chi connectivity index (χ4n) is 4.81. The third-order valence-corrected chi connectivity index (χ3v) is 6.71. The Morgan fingerprint density at radius 2 is 1.80 bits per heavy atom. The molecule has 2 fully saturated rings. The Hall–Kier alpha value is -3.35. The lowest BCUT2D eigenvalue weighted by Gasteiger charge is -2.37. The normalized spacial score (nSPS) is 20.8. The highest BCUT2D eigenvalue weighted by Crippen LogP contribution is 2.36. The molecule has 1 aromatic carbocycles. The third kappa shape index (κ3) is 5.66. The van der Waals surface area contributed by atoms with E-state index in [4.69, 9.17) is 14.5 Å². The number of hydrogen-bond donors (Lipinski definition) is 1. The van der Waals surface area contributed by atoms with Gasteiger partial charge in [-0.15, -0.1) is 0 Å². The zero-order chi connectivity index (χ0) is 24.4. The minimum atomic E-state index is -0.474. The molecule has 7 nitrogen and oxygen atoms in total. The highest BCUT2D eigenvalue weighted by Gasteiger charge is 2.33. The van der Waals surface area contributed by atoms with E-state index in [0.717, 1.165) is 53.8 Å². The summed E-state index contributed by atoms with van der Waals surface area (Å²) < 4.78 is 11.9. The van der Waals surface area contributed by atoms with Gasteiger partial charge in [0, 0.05) is 49.1 Å². The van der Waals surface area contributed by atoms with Gasteiger partial charge in [-0.05, 0) is 63.8 Å². The van der Waals surface area contributed by atoms with Crippen molar-refractivity contribution < 1.29 is 14.3 Å². The molecule has 7 heteroatoms. The van der Waals surface area contributed by atoms with Gasteiger partial charge in [-0.3, -0.25) is 0 Å². The number of anilines is 1. The van der Waals surface area contributed by atoms with Crippen molar-refractivity contribution in [3.05, 3.63) is 60.3 Å². The van der Waals surface area contributed by atoms with Crippen molar-refractivity contribution in [2.45, 2.75) is 70.1 Å². The molecule has 1 N–H and O–H groups in total. The molecule has 1 saturated carbocycles. The molecule has 3 aromatic rings. The van der Waals surface area contributed by atoms with Crippen molar-refractivity contribution in [3.63, 3.8) is 0 Å². The van der Waals surface area contributed by atoms with Gasteiger partial charge in [-0.1, -0.05) is 24.3 Å². The summed E-state index contributed by atoms with van der Waals surface area (Å²) in [5.41, 5.74) is 1.67. The van der Waals surface area contributed by atoms with E-state index >= 15 is 0 Å². The number of fused-ring (bicyclic) bond motifs is 1. The molecule has 5 rings (SSSR count). The quantitative estimate of drug-likeness (QED) is 0.506. The summed E-state index contributed by atoms with van der Waals surface area (Å²) >= 11 is 0. The molecule has 2 aromatic heterocycles. The number of nitrogens with one attached hydrogen (secondary N) is 1. The predicted molar refractivity (Wildman–Crippen MR) is 137 cm³/mol. The van der Waals surface area contributed by atoms with Crippen molar-refractivity contribution in [2.75, 3.05) is 18.4 Å².